The summed E-state index contributed by atoms with van der Waals surface area (Å²) in [6.07, 6.45) is 2.27. The first-order chi connectivity index (χ1) is 13.2. The molecule has 2 aliphatic heterocycles. The SMILES string of the molecule is COc1ccccc1N1CCN(CC2C=C(c3ccc(C)cc3)NO2)CC1. The second-order valence-electron chi connectivity index (χ2n) is 7.16. The Hall–Kier alpha value is -2.50. The van der Waals surface area contributed by atoms with Crippen molar-refractivity contribution in [2.45, 2.75) is 13.0 Å². The van der Waals surface area contributed by atoms with Crippen LogP contribution in [0.1, 0.15) is 11.1 Å². The van der Waals surface area contributed by atoms with E-state index in [-0.39, 0.29) is 6.10 Å². The Morgan fingerprint density at radius 1 is 1.04 bits per heavy atom. The average Bonchev–Trinajstić information content (AvgIpc) is 3.17. The molecule has 1 saturated heterocycles. The third-order valence-corrected chi connectivity index (χ3v) is 5.27. The van der Waals surface area contributed by atoms with Crippen LogP contribution in [0.2, 0.25) is 0 Å². The van der Waals surface area contributed by atoms with Crippen LogP contribution in [-0.4, -0.2) is 50.8 Å². The van der Waals surface area contributed by atoms with Gasteiger partial charge in [0.2, 0.25) is 0 Å². The van der Waals surface area contributed by atoms with Crippen LogP contribution in [0.4, 0.5) is 5.69 Å². The van der Waals surface area contributed by atoms with E-state index in [0.29, 0.717) is 0 Å². The van der Waals surface area contributed by atoms with E-state index in [1.807, 2.05) is 12.1 Å². The zero-order valence-corrected chi connectivity index (χ0v) is 16.0. The first-order valence-electron chi connectivity index (χ1n) is 9.54. The molecule has 4 rings (SSSR count). The second kappa shape index (κ2) is 8.03. The number of hydrogen-bond acceptors (Lipinski definition) is 5. The van der Waals surface area contributed by atoms with Crippen molar-refractivity contribution in [3.8, 4) is 5.75 Å². The fourth-order valence-electron chi connectivity index (χ4n) is 3.69. The van der Waals surface area contributed by atoms with Crippen molar-refractivity contribution in [3.63, 3.8) is 0 Å². The van der Waals surface area contributed by atoms with E-state index in [1.165, 1.54) is 16.8 Å². The van der Waals surface area contributed by atoms with E-state index in [4.69, 9.17) is 9.57 Å². The van der Waals surface area contributed by atoms with E-state index in [0.717, 1.165) is 44.2 Å². The average molecular weight is 365 g/mol. The summed E-state index contributed by atoms with van der Waals surface area (Å²) in [5.41, 5.74) is 7.77. The number of methoxy groups -OCH3 is 1. The summed E-state index contributed by atoms with van der Waals surface area (Å²) in [7, 11) is 1.73. The smallest absolute Gasteiger partial charge is 0.142 e. The van der Waals surface area contributed by atoms with Crippen LogP contribution in [0.25, 0.3) is 5.70 Å². The fraction of sp³-hybridized carbons (Fsp3) is 0.364. The van der Waals surface area contributed by atoms with Crippen molar-refractivity contribution in [2.24, 2.45) is 0 Å². The highest BCUT2D eigenvalue weighted by Crippen LogP contribution is 2.28. The molecule has 1 unspecified atom stereocenters. The van der Waals surface area contributed by atoms with Gasteiger partial charge in [0.1, 0.15) is 11.9 Å². The number of ether oxygens (including phenoxy) is 1. The predicted octanol–water partition coefficient (Wildman–Crippen LogP) is 3.07. The third-order valence-electron chi connectivity index (χ3n) is 5.27. The molecule has 2 aromatic rings. The molecule has 5 nitrogen and oxygen atoms in total. The number of anilines is 1. The Labute approximate surface area is 161 Å². The number of nitrogens with one attached hydrogen (secondary N) is 1. The van der Waals surface area contributed by atoms with Gasteiger partial charge in [-0.1, -0.05) is 42.0 Å². The molecule has 0 spiro atoms. The van der Waals surface area contributed by atoms with Crippen molar-refractivity contribution in [1.82, 2.24) is 10.4 Å². The van der Waals surface area contributed by atoms with Crippen molar-refractivity contribution in [1.29, 1.82) is 0 Å². The van der Waals surface area contributed by atoms with Gasteiger partial charge in [0.05, 0.1) is 18.5 Å². The molecule has 142 valence electrons. The van der Waals surface area contributed by atoms with Gasteiger partial charge in [-0.25, -0.2) is 0 Å². The highest BCUT2D eigenvalue weighted by molar-refractivity contribution is 5.65. The predicted molar refractivity (Wildman–Crippen MR) is 109 cm³/mol. The molecule has 0 radical (unpaired) electrons. The van der Waals surface area contributed by atoms with Gasteiger partial charge in [-0.15, -0.1) is 0 Å². The van der Waals surface area contributed by atoms with Gasteiger partial charge in [-0.3, -0.25) is 15.2 Å². The van der Waals surface area contributed by atoms with E-state index >= 15 is 0 Å². The third kappa shape index (κ3) is 4.10. The minimum absolute atomic E-state index is 0.0825. The number of hydroxylamine groups is 1. The summed E-state index contributed by atoms with van der Waals surface area (Å²) >= 11 is 0. The molecule has 0 amide bonds. The lowest BCUT2D eigenvalue weighted by atomic mass is 10.1. The van der Waals surface area contributed by atoms with Crippen molar-refractivity contribution in [2.75, 3.05) is 44.7 Å². The number of benzene rings is 2. The van der Waals surface area contributed by atoms with Crippen molar-refractivity contribution >= 4 is 11.4 Å². The van der Waals surface area contributed by atoms with Gasteiger partial charge >= 0.3 is 0 Å². The molecule has 1 atom stereocenters. The van der Waals surface area contributed by atoms with Crippen LogP contribution >= 0.6 is 0 Å². The quantitative estimate of drug-likeness (QED) is 0.881. The molecular formula is C22H27N3O2. The van der Waals surface area contributed by atoms with Gasteiger partial charge in [-0.05, 0) is 30.7 Å². The maximum Gasteiger partial charge on any atom is 0.142 e. The molecule has 2 heterocycles. The first kappa shape index (κ1) is 17.9. The van der Waals surface area contributed by atoms with Crippen LogP contribution in [0.3, 0.4) is 0 Å². The molecular weight excluding hydrogens is 338 g/mol. The minimum Gasteiger partial charge on any atom is -0.495 e. The number of para-hydroxylation sites is 2. The summed E-state index contributed by atoms with van der Waals surface area (Å²) in [6, 6.07) is 16.8. The lowest BCUT2D eigenvalue weighted by Gasteiger charge is -2.37. The van der Waals surface area contributed by atoms with Gasteiger partial charge < -0.3 is 9.64 Å². The number of hydrogen-bond donors (Lipinski definition) is 1. The Balaban J connectivity index is 1.32. The molecule has 1 N–H and O–H groups in total. The van der Waals surface area contributed by atoms with Crippen LogP contribution in [0.15, 0.2) is 54.6 Å². The standard InChI is InChI=1S/C22H27N3O2/c1-17-7-9-18(10-8-17)20-15-19(27-23-20)16-24-11-13-25(14-12-24)21-5-3-4-6-22(21)26-2/h3-10,15,19,23H,11-14,16H2,1-2H3. The molecule has 0 bridgehead atoms. The summed E-state index contributed by atoms with van der Waals surface area (Å²) in [5, 5.41) is 0. The zero-order valence-electron chi connectivity index (χ0n) is 16.0. The lowest BCUT2D eigenvalue weighted by Crippen LogP contribution is -2.48. The maximum absolute atomic E-state index is 5.78. The van der Waals surface area contributed by atoms with Crippen molar-refractivity contribution < 1.29 is 9.57 Å². The monoisotopic (exact) mass is 365 g/mol. The van der Waals surface area contributed by atoms with E-state index in [1.54, 1.807) is 7.11 Å². The number of rotatable bonds is 5. The molecule has 1 fully saturated rings. The van der Waals surface area contributed by atoms with Crippen LogP contribution in [0.5, 0.6) is 5.75 Å². The number of nitrogens with zero attached hydrogens (tertiary/aromatic N) is 2. The Kier molecular flexibility index (Phi) is 5.32. The normalized spacial score (nSPS) is 20.3. The molecule has 2 aliphatic rings. The summed E-state index contributed by atoms with van der Waals surface area (Å²) < 4.78 is 5.50. The highest BCUT2D eigenvalue weighted by atomic mass is 16.7. The zero-order chi connectivity index (χ0) is 18.6. The van der Waals surface area contributed by atoms with Crippen molar-refractivity contribution in [3.05, 3.63) is 65.7 Å². The van der Waals surface area contributed by atoms with Gasteiger partial charge in [0.15, 0.2) is 0 Å². The Morgan fingerprint density at radius 3 is 2.52 bits per heavy atom. The van der Waals surface area contributed by atoms with E-state index in [2.05, 4.69) is 64.7 Å². The molecule has 2 aromatic carbocycles. The lowest BCUT2D eigenvalue weighted by molar-refractivity contribution is 0.0273. The largest absolute Gasteiger partial charge is 0.495 e. The molecule has 0 saturated carbocycles. The van der Waals surface area contributed by atoms with Gasteiger partial charge in [0.25, 0.3) is 0 Å². The fourth-order valence-corrected chi connectivity index (χ4v) is 3.69. The second-order valence-corrected chi connectivity index (χ2v) is 7.16. The summed E-state index contributed by atoms with van der Waals surface area (Å²) in [4.78, 5) is 10.6. The highest BCUT2D eigenvalue weighted by Gasteiger charge is 2.24. The van der Waals surface area contributed by atoms with Gasteiger partial charge in [-0.2, -0.15) is 0 Å². The maximum atomic E-state index is 5.78. The summed E-state index contributed by atoms with van der Waals surface area (Å²) in [5.74, 6) is 0.944. The number of aryl methyl sites for hydroxylation is 1. The first-order valence-corrected chi connectivity index (χ1v) is 9.54. The van der Waals surface area contributed by atoms with Crippen LogP contribution in [0, 0.1) is 6.92 Å². The van der Waals surface area contributed by atoms with Crippen LogP contribution < -0.4 is 15.1 Å². The Bertz CT molecular complexity index is 795. The molecule has 5 heteroatoms. The van der Waals surface area contributed by atoms with E-state index < -0.39 is 0 Å². The molecule has 0 aliphatic carbocycles. The minimum atomic E-state index is 0.0825. The Morgan fingerprint density at radius 2 is 1.78 bits per heavy atom. The topological polar surface area (TPSA) is 37.0 Å². The molecule has 0 aromatic heterocycles. The van der Waals surface area contributed by atoms with Gasteiger partial charge in [0, 0.05) is 32.7 Å². The summed E-state index contributed by atoms with van der Waals surface area (Å²) in [6.45, 7) is 7.04. The number of piperazine rings is 1. The molecule has 27 heavy (non-hydrogen) atoms. The van der Waals surface area contributed by atoms with Crippen LogP contribution in [-0.2, 0) is 4.84 Å². The van der Waals surface area contributed by atoms with E-state index in [9.17, 15) is 0 Å².